The molecular weight excluding hydrogens is 390 g/mol. The topological polar surface area (TPSA) is 75.4 Å². The molecule has 2 aromatic carbocycles. The highest BCUT2D eigenvalue weighted by Crippen LogP contribution is 2.23. The first-order valence-electron chi connectivity index (χ1n) is 10.4. The molecule has 3 aromatic rings. The zero-order chi connectivity index (χ0) is 21.8. The van der Waals surface area contributed by atoms with Crippen LogP contribution in [0.1, 0.15) is 35.5 Å². The number of nitrogens with one attached hydrogen (secondary N) is 1. The van der Waals surface area contributed by atoms with Gasteiger partial charge in [0.2, 0.25) is 11.8 Å². The van der Waals surface area contributed by atoms with Crippen molar-refractivity contribution in [2.75, 3.05) is 0 Å². The van der Waals surface area contributed by atoms with Gasteiger partial charge in [-0.3, -0.25) is 9.59 Å². The van der Waals surface area contributed by atoms with Crippen LogP contribution in [-0.2, 0) is 17.8 Å². The van der Waals surface area contributed by atoms with Gasteiger partial charge in [-0.1, -0.05) is 54.6 Å². The Labute approximate surface area is 181 Å². The van der Waals surface area contributed by atoms with Gasteiger partial charge in [-0.15, -0.1) is 0 Å². The normalized spacial score (nSPS) is 17.7. The van der Waals surface area contributed by atoms with E-state index >= 15 is 0 Å². The highest BCUT2D eigenvalue weighted by atomic mass is 16.3. The van der Waals surface area contributed by atoms with Gasteiger partial charge in [-0.05, 0) is 37.1 Å². The van der Waals surface area contributed by atoms with E-state index in [1.54, 1.807) is 4.90 Å². The Morgan fingerprint density at radius 2 is 1.65 bits per heavy atom. The lowest BCUT2D eigenvalue weighted by Gasteiger charge is -2.25. The van der Waals surface area contributed by atoms with Crippen molar-refractivity contribution in [3.8, 4) is 11.5 Å². The number of hydrogen-bond acceptors (Lipinski definition) is 4. The van der Waals surface area contributed by atoms with Gasteiger partial charge >= 0.3 is 0 Å². The number of benzene rings is 2. The molecule has 6 heteroatoms. The maximum Gasteiger partial charge on any atom is 0.276 e. The van der Waals surface area contributed by atoms with Crippen LogP contribution in [0.25, 0.3) is 11.5 Å². The molecule has 2 atom stereocenters. The second-order valence-electron chi connectivity index (χ2n) is 7.75. The van der Waals surface area contributed by atoms with Crippen LogP contribution in [0.2, 0.25) is 0 Å². The molecule has 1 aliphatic heterocycles. The van der Waals surface area contributed by atoms with E-state index in [1.165, 1.54) is 6.26 Å². The maximum atomic E-state index is 12.8. The van der Waals surface area contributed by atoms with Crippen LogP contribution < -0.4 is 5.32 Å². The van der Waals surface area contributed by atoms with E-state index in [2.05, 4.69) is 10.3 Å². The predicted octanol–water partition coefficient (Wildman–Crippen LogP) is 3.99. The fourth-order valence-electron chi connectivity index (χ4n) is 3.69. The lowest BCUT2D eigenvalue weighted by Crippen LogP contribution is -2.39. The van der Waals surface area contributed by atoms with Crippen molar-refractivity contribution in [1.82, 2.24) is 15.2 Å². The zero-order valence-corrected chi connectivity index (χ0v) is 17.6. The van der Waals surface area contributed by atoms with E-state index in [1.807, 2.05) is 80.6 Å². The zero-order valence-electron chi connectivity index (χ0n) is 17.6. The van der Waals surface area contributed by atoms with Gasteiger partial charge in [0.25, 0.3) is 5.91 Å². The first-order chi connectivity index (χ1) is 15.0. The Kier molecular flexibility index (Phi) is 5.98. The van der Waals surface area contributed by atoms with Crippen molar-refractivity contribution in [3.05, 3.63) is 89.8 Å². The molecule has 1 N–H and O–H groups in total. The van der Waals surface area contributed by atoms with Crippen LogP contribution >= 0.6 is 0 Å². The molecule has 31 heavy (non-hydrogen) atoms. The van der Waals surface area contributed by atoms with Crippen LogP contribution in [0.4, 0.5) is 0 Å². The van der Waals surface area contributed by atoms with E-state index in [9.17, 15) is 9.59 Å². The van der Waals surface area contributed by atoms with E-state index in [0.29, 0.717) is 24.6 Å². The molecule has 0 fully saturated rings. The molecule has 0 bridgehead atoms. The molecular formula is C25H25N3O3. The minimum absolute atomic E-state index is 0.0222. The number of carbonyl (C=O) groups excluding carboxylic acids is 2. The largest absolute Gasteiger partial charge is 0.444 e. The number of hydrogen-bond donors (Lipinski definition) is 1. The van der Waals surface area contributed by atoms with Gasteiger partial charge in [0.15, 0.2) is 5.69 Å². The lowest BCUT2D eigenvalue weighted by molar-refractivity contribution is -0.120. The summed E-state index contributed by atoms with van der Waals surface area (Å²) in [5.41, 5.74) is 3.03. The number of oxazole rings is 1. The predicted molar refractivity (Wildman–Crippen MR) is 118 cm³/mol. The fourth-order valence-corrected chi connectivity index (χ4v) is 3.69. The third-order valence-electron chi connectivity index (χ3n) is 5.40. The fraction of sp³-hybridized carbons (Fsp3) is 0.240. The van der Waals surface area contributed by atoms with E-state index in [0.717, 1.165) is 16.7 Å². The quantitative estimate of drug-likeness (QED) is 0.618. The molecule has 0 saturated carbocycles. The van der Waals surface area contributed by atoms with E-state index in [-0.39, 0.29) is 23.9 Å². The third-order valence-corrected chi connectivity index (χ3v) is 5.40. The molecule has 6 nitrogen and oxygen atoms in total. The molecule has 2 amide bonds. The number of carbonyl (C=O) groups is 2. The van der Waals surface area contributed by atoms with Crippen LogP contribution in [0.15, 0.2) is 77.4 Å². The first kappa shape index (κ1) is 20.6. The molecule has 2 heterocycles. The molecule has 0 aliphatic carbocycles. The highest BCUT2D eigenvalue weighted by molar-refractivity contribution is 5.93. The van der Waals surface area contributed by atoms with Crippen molar-refractivity contribution >= 4 is 11.8 Å². The van der Waals surface area contributed by atoms with Crippen molar-refractivity contribution in [1.29, 1.82) is 0 Å². The molecule has 0 saturated heterocycles. The van der Waals surface area contributed by atoms with Crippen LogP contribution in [-0.4, -0.2) is 33.8 Å². The number of aromatic nitrogens is 1. The Morgan fingerprint density at radius 1 is 0.968 bits per heavy atom. The summed E-state index contributed by atoms with van der Waals surface area (Å²) >= 11 is 0. The van der Waals surface area contributed by atoms with E-state index < -0.39 is 0 Å². The van der Waals surface area contributed by atoms with Gasteiger partial charge in [-0.25, -0.2) is 4.98 Å². The van der Waals surface area contributed by atoms with Crippen LogP contribution in [0.5, 0.6) is 0 Å². The second kappa shape index (κ2) is 9.00. The molecule has 0 unspecified atom stereocenters. The molecule has 4 rings (SSSR count). The van der Waals surface area contributed by atoms with Gasteiger partial charge in [-0.2, -0.15) is 0 Å². The minimum Gasteiger partial charge on any atom is -0.444 e. The summed E-state index contributed by atoms with van der Waals surface area (Å²) in [6.07, 6.45) is 5.80. The van der Waals surface area contributed by atoms with Crippen molar-refractivity contribution in [2.45, 2.75) is 38.9 Å². The molecule has 0 spiro atoms. The SMILES string of the molecule is C[C@@H]1C=C[C@@H](C)N1C(=O)c1coc(-c2ccc(CNC(=O)Cc3ccccc3)cc2)n1. The summed E-state index contributed by atoms with van der Waals surface area (Å²) in [4.78, 5) is 31.1. The summed E-state index contributed by atoms with van der Waals surface area (Å²) in [6.45, 7) is 4.41. The number of nitrogens with zero attached hydrogens (tertiary/aromatic N) is 2. The first-order valence-corrected chi connectivity index (χ1v) is 10.4. The standard InChI is InChI=1S/C25H25N3O3/c1-17-8-9-18(2)28(17)25(30)22-16-31-24(27-22)21-12-10-20(11-13-21)15-26-23(29)14-19-6-4-3-5-7-19/h3-13,16-18H,14-15H2,1-2H3,(H,26,29)/t17-,18-/m1/s1. The van der Waals surface area contributed by atoms with Gasteiger partial charge in [0.05, 0.1) is 6.42 Å². The molecule has 1 aliphatic rings. The van der Waals surface area contributed by atoms with Gasteiger partial charge in [0.1, 0.15) is 6.26 Å². The number of rotatable bonds is 6. The van der Waals surface area contributed by atoms with Crippen LogP contribution in [0.3, 0.4) is 0 Å². The summed E-state index contributed by atoms with van der Waals surface area (Å²) in [5, 5.41) is 2.93. The molecule has 158 valence electrons. The Bertz CT molecular complexity index is 1070. The van der Waals surface area contributed by atoms with Crippen LogP contribution in [0, 0.1) is 0 Å². The smallest absolute Gasteiger partial charge is 0.276 e. The van der Waals surface area contributed by atoms with Crippen molar-refractivity contribution in [3.63, 3.8) is 0 Å². The Morgan fingerprint density at radius 3 is 2.32 bits per heavy atom. The number of amides is 2. The third kappa shape index (κ3) is 4.74. The van der Waals surface area contributed by atoms with Crippen molar-refractivity contribution in [2.24, 2.45) is 0 Å². The lowest BCUT2D eigenvalue weighted by atomic mass is 10.1. The average Bonchev–Trinajstić information content (AvgIpc) is 3.40. The minimum atomic E-state index is -0.141. The van der Waals surface area contributed by atoms with Crippen molar-refractivity contribution < 1.29 is 14.0 Å². The van der Waals surface area contributed by atoms with Gasteiger partial charge < -0.3 is 14.6 Å². The Hall–Kier alpha value is -3.67. The second-order valence-corrected chi connectivity index (χ2v) is 7.75. The van der Waals surface area contributed by atoms with E-state index in [4.69, 9.17) is 4.42 Å². The summed E-state index contributed by atoms with van der Waals surface area (Å²) in [7, 11) is 0. The Balaban J connectivity index is 1.35. The highest BCUT2D eigenvalue weighted by Gasteiger charge is 2.29. The molecule has 1 aromatic heterocycles. The van der Waals surface area contributed by atoms with Gasteiger partial charge in [0, 0.05) is 24.2 Å². The summed E-state index contributed by atoms with van der Waals surface area (Å²) in [6, 6.07) is 17.3. The molecule has 0 radical (unpaired) electrons. The monoisotopic (exact) mass is 415 g/mol. The summed E-state index contributed by atoms with van der Waals surface area (Å²) < 4.78 is 5.56. The maximum absolute atomic E-state index is 12.8. The summed E-state index contributed by atoms with van der Waals surface area (Å²) in [5.74, 6) is 0.235. The average molecular weight is 415 g/mol.